The second-order valence-corrected chi connectivity index (χ2v) is 12.4. The normalized spacial score (nSPS) is 18.3. The van der Waals surface area contributed by atoms with Gasteiger partial charge in [0.2, 0.25) is 0 Å². The summed E-state index contributed by atoms with van der Waals surface area (Å²) in [6.45, 7) is 3.81. The van der Waals surface area contributed by atoms with Gasteiger partial charge in [0.05, 0.1) is 30.4 Å². The molecule has 0 spiro atoms. The van der Waals surface area contributed by atoms with Crippen LogP contribution in [-0.2, 0) is 10.0 Å². The maximum absolute atomic E-state index is 13.6. The van der Waals surface area contributed by atoms with Crippen molar-refractivity contribution in [1.29, 1.82) is 0 Å². The average molecular weight is 573 g/mol. The van der Waals surface area contributed by atoms with Crippen LogP contribution in [0.5, 0.6) is 5.75 Å². The fourth-order valence-electron chi connectivity index (χ4n) is 4.25. The van der Waals surface area contributed by atoms with Crippen molar-refractivity contribution in [2.75, 3.05) is 36.8 Å². The first-order chi connectivity index (χ1) is 18.6. The molecule has 3 atom stereocenters. The number of nitrogens with zero attached hydrogens (tertiary/aromatic N) is 2. The third-order valence-corrected chi connectivity index (χ3v) is 9.28. The van der Waals surface area contributed by atoms with E-state index in [9.17, 15) is 23.1 Å². The lowest BCUT2D eigenvalue weighted by Crippen LogP contribution is -2.50. The van der Waals surface area contributed by atoms with E-state index in [1.54, 1.807) is 54.6 Å². The number of aliphatic hydroxyl groups excluding tert-OH is 1. The molecule has 10 nitrogen and oxygen atoms in total. The second-order valence-electron chi connectivity index (χ2n) is 9.52. The van der Waals surface area contributed by atoms with Crippen LogP contribution in [0.3, 0.4) is 0 Å². The number of aliphatic hydroxyl groups is 1. The Kier molecular flexibility index (Phi) is 8.78. The predicted molar refractivity (Wildman–Crippen MR) is 151 cm³/mol. The molecule has 3 N–H and O–H groups in total. The second kappa shape index (κ2) is 12.1. The number of thiophene rings is 1. The van der Waals surface area contributed by atoms with Gasteiger partial charge in [0.25, 0.3) is 15.9 Å². The largest absolute Gasteiger partial charge is 0.485 e. The number of nitrogens with one attached hydrogen (secondary N) is 2. The van der Waals surface area contributed by atoms with Crippen molar-refractivity contribution in [3.8, 4) is 5.75 Å². The summed E-state index contributed by atoms with van der Waals surface area (Å²) in [7, 11) is -2.29. The smallest absolute Gasteiger partial charge is 0.321 e. The molecule has 0 radical (unpaired) electrons. The highest BCUT2D eigenvalue weighted by atomic mass is 32.2. The van der Waals surface area contributed by atoms with E-state index in [4.69, 9.17) is 4.74 Å². The number of ether oxygens (including phenoxy) is 1. The van der Waals surface area contributed by atoms with Gasteiger partial charge in [0, 0.05) is 25.2 Å². The SMILES string of the molecule is C[C@H]1CN([C@@H](C)CO)C(=O)c2cccc(NS(=O)(=O)c3cccs3)c2O[C@@H]1CN(C)C(=O)Nc1ccccc1. The molecule has 12 heteroatoms. The van der Waals surface area contributed by atoms with Crippen molar-refractivity contribution < 1.29 is 27.9 Å². The number of amides is 3. The van der Waals surface area contributed by atoms with E-state index in [-0.39, 0.29) is 58.8 Å². The third-order valence-electron chi connectivity index (χ3n) is 6.52. The summed E-state index contributed by atoms with van der Waals surface area (Å²) in [5, 5.41) is 14.4. The molecule has 0 aliphatic carbocycles. The fourth-order valence-corrected chi connectivity index (χ4v) is 6.30. The molecule has 0 saturated carbocycles. The molecular formula is C27H32N4O6S2. The van der Waals surface area contributed by atoms with Gasteiger partial charge in [-0.05, 0) is 42.6 Å². The van der Waals surface area contributed by atoms with Crippen LogP contribution < -0.4 is 14.8 Å². The standard InChI is InChI=1S/C27H32N4O6S2/c1-18-15-31(19(2)17-32)26(33)21-11-7-12-22(29-39(35,36)24-13-8-14-38-24)25(21)37-23(18)16-30(3)27(34)28-20-9-5-4-6-10-20/h4-14,18-19,23,29,32H,15-17H2,1-3H3,(H,28,34)/t18-,19-,23+/m0/s1. The van der Waals surface area contributed by atoms with Crippen LogP contribution in [0.2, 0.25) is 0 Å². The maximum Gasteiger partial charge on any atom is 0.321 e. The topological polar surface area (TPSA) is 128 Å². The van der Waals surface area contributed by atoms with Crippen molar-refractivity contribution in [2.45, 2.75) is 30.2 Å². The van der Waals surface area contributed by atoms with Crippen LogP contribution in [0.4, 0.5) is 16.2 Å². The molecule has 0 fully saturated rings. The lowest BCUT2D eigenvalue weighted by molar-refractivity contribution is 0.0373. The molecule has 1 aromatic heterocycles. The van der Waals surface area contributed by atoms with E-state index in [0.717, 1.165) is 11.3 Å². The molecule has 2 heterocycles. The number of hydrogen-bond donors (Lipinski definition) is 3. The van der Waals surface area contributed by atoms with E-state index in [1.165, 1.54) is 17.0 Å². The molecular weight excluding hydrogens is 540 g/mol. The quantitative estimate of drug-likeness (QED) is 0.375. The maximum atomic E-state index is 13.6. The number of fused-ring (bicyclic) bond motifs is 1. The summed E-state index contributed by atoms with van der Waals surface area (Å²) in [5.74, 6) is -0.583. The highest BCUT2D eigenvalue weighted by Gasteiger charge is 2.35. The highest BCUT2D eigenvalue weighted by molar-refractivity contribution is 7.94. The van der Waals surface area contributed by atoms with Gasteiger partial charge in [-0.2, -0.15) is 0 Å². The number of urea groups is 1. The molecule has 4 rings (SSSR count). The Bertz CT molecular complexity index is 1400. The Morgan fingerprint density at radius 2 is 1.92 bits per heavy atom. The van der Waals surface area contributed by atoms with E-state index >= 15 is 0 Å². The van der Waals surface area contributed by atoms with Gasteiger partial charge in [-0.3, -0.25) is 9.52 Å². The summed E-state index contributed by atoms with van der Waals surface area (Å²) in [5.41, 5.74) is 0.918. The van der Waals surface area contributed by atoms with Gasteiger partial charge in [-0.1, -0.05) is 37.3 Å². The van der Waals surface area contributed by atoms with Crippen molar-refractivity contribution in [3.05, 3.63) is 71.6 Å². The summed E-state index contributed by atoms with van der Waals surface area (Å²) in [6, 6.07) is 16.0. The summed E-state index contributed by atoms with van der Waals surface area (Å²) in [6.07, 6.45) is -0.607. The Morgan fingerprint density at radius 1 is 1.18 bits per heavy atom. The van der Waals surface area contributed by atoms with Crippen LogP contribution in [0.25, 0.3) is 0 Å². The summed E-state index contributed by atoms with van der Waals surface area (Å²) >= 11 is 1.07. The van der Waals surface area contributed by atoms with Gasteiger partial charge < -0.3 is 25.0 Å². The van der Waals surface area contributed by atoms with E-state index < -0.39 is 22.2 Å². The number of carbonyl (C=O) groups is 2. The monoisotopic (exact) mass is 572 g/mol. The minimum Gasteiger partial charge on any atom is -0.485 e. The van der Waals surface area contributed by atoms with Crippen LogP contribution in [0.1, 0.15) is 24.2 Å². The molecule has 3 aromatic rings. The first-order valence-corrected chi connectivity index (χ1v) is 14.8. The lowest BCUT2D eigenvalue weighted by Gasteiger charge is -2.38. The number of likely N-dealkylation sites (N-methyl/N-ethyl adjacent to an activating group) is 1. The number of carbonyl (C=O) groups excluding carboxylic acids is 2. The number of sulfonamides is 1. The van der Waals surface area contributed by atoms with Crippen molar-refractivity contribution in [1.82, 2.24) is 9.80 Å². The number of hydrogen-bond acceptors (Lipinski definition) is 7. The molecule has 1 aliphatic rings. The molecule has 0 bridgehead atoms. The first kappa shape index (κ1) is 28.4. The molecule has 208 valence electrons. The minimum atomic E-state index is -3.93. The van der Waals surface area contributed by atoms with E-state index in [1.807, 2.05) is 25.1 Å². The van der Waals surface area contributed by atoms with E-state index in [0.29, 0.717) is 5.69 Å². The molecule has 0 unspecified atom stereocenters. The zero-order valence-corrected chi connectivity index (χ0v) is 23.5. The number of rotatable bonds is 8. The Labute approximate surface area is 232 Å². The summed E-state index contributed by atoms with van der Waals surface area (Å²) < 4.78 is 35.2. The predicted octanol–water partition coefficient (Wildman–Crippen LogP) is 3.93. The molecule has 39 heavy (non-hydrogen) atoms. The van der Waals surface area contributed by atoms with Crippen molar-refractivity contribution in [2.24, 2.45) is 5.92 Å². The number of para-hydroxylation sites is 2. The van der Waals surface area contributed by atoms with Crippen molar-refractivity contribution in [3.63, 3.8) is 0 Å². The number of benzene rings is 2. The molecule has 2 aromatic carbocycles. The molecule has 3 amide bonds. The van der Waals surface area contributed by atoms with Crippen LogP contribution in [0.15, 0.2) is 70.3 Å². The molecule has 0 saturated heterocycles. The van der Waals surface area contributed by atoms with Crippen LogP contribution in [-0.4, -0.2) is 74.2 Å². The van der Waals surface area contributed by atoms with Gasteiger partial charge in [0.1, 0.15) is 10.3 Å². The molecule has 1 aliphatic heterocycles. The van der Waals surface area contributed by atoms with Crippen LogP contribution >= 0.6 is 11.3 Å². The van der Waals surface area contributed by atoms with Crippen LogP contribution in [0, 0.1) is 5.92 Å². The van der Waals surface area contributed by atoms with Gasteiger partial charge in [-0.15, -0.1) is 11.3 Å². The lowest BCUT2D eigenvalue weighted by atomic mass is 9.99. The average Bonchev–Trinajstić information content (AvgIpc) is 3.47. The van der Waals surface area contributed by atoms with Gasteiger partial charge in [-0.25, -0.2) is 13.2 Å². The fraction of sp³-hybridized carbons (Fsp3) is 0.333. The Balaban J connectivity index is 1.68. The van der Waals surface area contributed by atoms with Crippen molar-refractivity contribution >= 4 is 44.7 Å². The summed E-state index contributed by atoms with van der Waals surface area (Å²) in [4.78, 5) is 29.6. The zero-order chi connectivity index (χ0) is 28.2. The highest BCUT2D eigenvalue weighted by Crippen LogP contribution is 2.36. The Morgan fingerprint density at radius 3 is 2.59 bits per heavy atom. The van der Waals surface area contributed by atoms with Gasteiger partial charge >= 0.3 is 6.03 Å². The Hall–Kier alpha value is -3.61. The third kappa shape index (κ3) is 6.52. The van der Waals surface area contributed by atoms with Gasteiger partial charge in [0.15, 0.2) is 5.75 Å². The number of anilines is 2. The zero-order valence-electron chi connectivity index (χ0n) is 21.9. The first-order valence-electron chi connectivity index (χ1n) is 12.5. The van der Waals surface area contributed by atoms with E-state index in [2.05, 4.69) is 10.0 Å². The minimum absolute atomic E-state index is 0.0752.